The van der Waals surface area contributed by atoms with Crippen LogP contribution in [0.3, 0.4) is 0 Å². The number of ether oxygens (including phenoxy) is 2. The molecule has 2 saturated heterocycles. The lowest BCUT2D eigenvalue weighted by Crippen LogP contribution is -2.53. The minimum Gasteiger partial charge on any atom is -0.493 e. The molecule has 0 saturated carbocycles. The Kier molecular flexibility index (Phi) is 8.60. The van der Waals surface area contributed by atoms with E-state index in [1.807, 2.05) is 66.5 Å². The van der Waals surface area contributed by atoms with Crippen LogP contribution < -0.4 is 20.1 Å². The smallest absolute Gasteiger partial charge is 0.240 e. The van der Waals surface area contributed by atoms with Crippen molar-refractivity contribution in [2.75, 3.05) is 27.3 Å². The van der Waals surface area contributed by atoms with Crippen LogP contribution >= 0.6 is 0 Å². The van der Waals surface area contributed by atoms with Gasteiger partial charge in [0.1, 0.15) is 11.7 Å². The average molecular weight is 585 g/mol. The number of aliphatic hydroxyl groups excluding tert-OH is 1. The van der Waals surface area contributed by atoms with Crippen molar-refractivity contribution in [2.24, 2.45) is 13.0 Å². The van der Waals surface area contributed by atoms with Crippen LogP contribution in [0, 0.1) is 5.92 Å². The molecule has 6 rings (SSSR count). The number of carbonyl (C=O) groups is 1. The van der Waals surface area contributed by atoms with E-state index in [1.54, 1.807) is 18.9 Å². The lowest BCUT2D eigenvalue weighted by atomic mass is 9.96. The van der Waals surface area contributed by atoms with Crippen molar-refractivity contribution in [3.05, 3.63) is 83.4 Å². The molecule has 2 aliphatic rings. The summed E-state index contributed by atoms with van der Waals surface area (Å²) in [6, 6.07) is 21.7. The topological polar surface area (TPSA) is 114 Å². The van der Waals surface area contributed by atoms with Crippen LogP contribution in [-0.4, -0.2) is 76.5 Å². The summed E-state index contributed by atoms with van der Waals surface area (Å²) in [6.07, 6.45) is 1.31. The number of rotatable bonds is 10. The molecular weight excluding hydrogens is 544 g/mol. The highest BCUT2D eigenvalue weighted by atomic mass is 16.5. The number of amides is 1. The van der Waals surface area contributed by atoms with Crippen LogP contribution in [0.5, 0.6) is 11.5 Å². The number of carbonyl (C=O) groups excluding carboxylic acids is 1. The van der Waals surface area contributed by atoms with Crippen LogP contribution in [-0.2, 0) is 24.8 Å². The van der Waals surface area contributed by atoms with Crippen molar-refractivity contribution in [3.63, 3.8) is 0 Å². The molecule has 5 unspecified atom stereocenters. The number of methoxy groups -OCH3 is 2. The first-order valence-corrected chi connectivity index (χ1v) is 14.9. The highest BCUT2D eigenvalue weighted by Crippen LogP contribution is 2.34. The Bertz CT molecular complexity index is 1560. The van der Waals surface area contributed by atoms with E-state index < -0.39 is 6.23 Å². The van der Waals surface area contributed by atoms with Crippen LogP contribution in [0.1, 0.15) is 35.4 Å². The molecule has 3 N–H and O–H groups in total. The second kappa shape index (κ2) is 12.7. The Hall–Kier alpha value is -3.99. The molecule has 0 aliphatic carbocycles. The van der Waals surface area contributed by atoms with Crippen LogP contribution in [0.15, 0.2) is 66.7 Å². The SMILES string of the molecule is COc1ccc(CC2CC(C(O)NCc3ccc4c(c3)nnn4C)N(C(=O)C3CC(c4ccccc4)CN3)C2)cc1OC. The van der Waals surface area contributed by atoms with Crippen molar-refractivity contribution >= 4 is 16.9 Å². The van der Waals surface area contributed by atoms with Gasteiger partial charge < -0.3 is 24.8 Å². The predicted molar refractivity (Wildman–Crippen MR) is 164 cm³/mol. The molecule has 2 aliphatic heterocycles. The summed E-state index contributed by atoms with van der Waals surface area (Å²) in [6.45, 7) is 1.79. The summed E-state index contributed by atoms with van der Waals surface area (Å²) < 4.78 is 12.7. The summed E-state index contributed by atoms with van der Waals surface area (Å²) in [7, 11) is 5.12. The Balaban J connectivity index is 1.17. The van der Waals surface area contributed by atoms with Crippen molar-refractivity contribution in [1.82, 2.24) is 30.5 Å². The van der Waals surface area contributed by atoms with Gasteiger partial charge in [0.25, 0.3) is 0 Å². The molecule has 2 fully saturated rings. The molecule has 4 aromatic rings. The lowest BCUT2D eigenvalue weighted by molar-refractivity contribution is -0.136. The van der Waals surface area contributed by atoms with Crippen molar-refractivity contribution in [1.29, 1.82) is 0 Å². The Morgan fingerprint density at radius 2 is 1.84 bits per heavy atom. The summed E-state index contributed by atoms with van der Waals surface area (Å²) in [5.41, 5.74) is 5.11. The number of nitrogens with one attached hydrogen (secondary N) is 2. The van der Waals surface area contributed by atoms with Gasteiger partial charge in [-0.05, 0) is 72.1 Å². The highest BCUT2D eigenvalue weighted by Gasteiger charge is 2.43. The molecule has 5 atom stereocenters. The molecule has 0 bridgehead atoms. The van der Waals surface area contributed by atoms with Crippen molar-refractivity contribution in [2.45, 2.75) is 50.0 Å². The maximum absolute atomic E-state index is 14.0. The zero-order valence-corrected chi connectivity index (χ0v) is 24.9. The van der Waals surface area contributed by atoms with Gasteiger partial charge in [-0.2, -0.15) is 0 Å². The van der Waals surface area contributed by atoms with Gasteiger partial charge in [-0.15, -0.1) is 5.10 Å². The number of aryl methyl sites for hydroxylation is 1. The molecule has 1 aromatic heterocycles. The number of benzene rings is 3. The van der Waals surface area contributed by atoms with E-state index in [1.165, 1.54) is 5.56 Å². The number of nitrogens with zero attached hydrogens (tertiary/aromatic N) is 4. The lowest BCUT2D eigenvalue weighted by Gasteiger charge is -2.31. The summed E-state index contributed by atoms with van der Waals surface area (Å²) in [4.78, 5) is 15.9. The van der Waals surface area contributed by atoms with Gasteiger partial charge in [-0.1, -0.05) is 47.7 Å². The third-order valence-electron chi connectivity index (χ3n) is 8.94. The molecule has 3 aromatic carbocycles. The number of hydrogen-bond acceptors (Lipinski definition) is 8. The second-order valence-corrected chi connectivity index (χ2v) is 11.7. The first-order chi connectivity index (χ1) is 20.9. The molecule has 10 nitrogen and oxygen atoms in total. The van der Waals surface area contributed by atoms with Gasteiger partial charge in [-0.3, -0.25) is 10.1 Å². The predicted octanol–water partition coefficient (Wildman–Crippen LogP) is 3.00. The molecule has 226 valence electrons. The van der Waals surface area contributed by atoms with Crippen LogP contribution in [0.4, 0.5) is 0 Å². The Morgan fingerprint density at radius 3 is 2.63 bits per heavy atom. The van der Waals surface area contributed by atoms with Crippen molar-refractivity contribution < 1.29 is 19.4 Å². The molecule has 10 heteroatoms. The zero-order valence-electron chi connectivity index (χ0n) is 24.9. The minimum absolute atomic E-state index is 0.0556. The fourth-order valence-corrected chi connectivity index (χ4v) is 6.66. The summed E-state index contributed by atoms with van der Waals surface area (Å²) in [5, 5.41) is 26.5. The van der Waals surface area contributed by atoms with Gasteiger partial charge in [0.05, 0.1) is 31.8 Å². The third kappa shape index (κ3) is 6.22. The fourth-order valence-electron chi connectivity index (χ4n) is 6.66. The average Bonchev–Trinajstić information content (AvgIpc) is 3.79. The molecule has 3 heterocycles. The maximum atomic E-state index is 14.0. The first kappa shape index (κ1) is 29.1. The molecule has 43 heavy (non-hydrogen) atoms. The normalized spacial score (nSPS) is 22.7. The van der Waals surface area contributed by atoms with Crippen molar-refractivity contribution in [3.8, 4) is 11.5 Å². The fraction of sp³-hybridized carbons (Fsp3) is 0.424. The number of hydrogen-bond donors (Lipinski definition) is 3. The molecule has 1 amide bonds. The molecule has 0 spiro atoms. The Morgan fingerprint density at radius 1 is 1.05 bits per heavy atom. The number of likely N-dealkylation sites (tertiary alicyclic amines) is 1. The standard InChI is InChI=1S/C33H40N6O4/c1-38-28-11-9-22(14-26(28)36-37-38)18-35-32(40)29-15-23(13-21-10-12-30(42-2)31(16-21)43-3)20-39(29)33(41)27-17-25(19-34-27)24-7-5-4-6-8-24/h4-12,14,16,23,25,27,29,32,34-35,40H,13,15,17-20H2,1-3H3. The number of fused-ring (bicyclic) bond motifs is 1. The molecule has 0 radical (unpaired) electrons. The van der Waals surface area contributed by atoms with E-state index in [2.05, 4.69) is 33.1 Å². The van der Waals surface area contributed by atoms with E-state index >= 15 is 0 Å². The number of aliphatic hydroxyl groups is 1. The van der Waals surface area contributed by atoms with E-state index in [4.69, 9.17) is 9.47 Å². The first-order valence-electron chi connectivity index (χ1n) is 14.9. The maximum Gasteiger partial charge on any atom is 0.240 e. The zero-order chi connectivity index (χ0) is 29.9. The monoisotopic (exact) mass is 584 g/mol. The van der Waals surface area contributed by atoms with Gasteiger partial charge in [0.2, 0.25) is 5.91 Å². The van der Waals surface area contributed by atoms with E-state index in [0.717, 1.165) is 41.5 Å². The van der Waals surface area contributed by atoms with E-state index in [0.29, 0.717) is 31.0 Å². The minimum atomic E-state index is -0.886. The van der Waals surface area contributed by atoms with Gasteiger partial charge in [0, 0.05) is 26.7 Å². The van der Waals surface area contributed by atoms with Gasteiger partial charge in [0.15, 0.2) is 11.5 Å². The van der Waals surface area contributed by atoms with E-state index in [9.17, 15) is 9.90 Å². The summed E-state index contributed by atoms with van der Waals surface area (Å²) >= 11 is 0. The molecular formula is C33H40N6O4. The summed E-state index contributed by atoms with van der Waals surface area (Å²) in [5.74, 6) is 1.90. The number of aromatic nitrogens is 3. The van der Waals surface area contributed by atoms with Crippen LogP contribution in [0.2, 0.25) is 0 Å². The van der Waals surface area contributed by atoms with E-state index in [-0.39, 0.29) is 29.8 Å². The quantitative estimate of drug-likeness (QED) is 0.244. The second-order valence-electron chi connectivity index (χ2n) is 11.7. The third-order valence-corrected chi connectivity index (χ3v) is 8.94. The van der Waals surface area contributed by atoms with Gasteiger partial charge in [-0.25, -0.2) is 4.68 Å². The highest BCUT2D eigenvalue weighted by molar-refractivity contribution is 5.83. The van der Waals surface area contributed by atoms with Crippen LogP contribution in [0.25, 0.3) is 11.0 Å². The largest absolute Gasteiger partial charge is 0.493 e. The van der Waals surface area contributed by atoms with Gasteiger partial charge >= 0.3 is 0 Å². The Labute approximate surface area is 252 Å².